The van der Waals surface area contributed by atoms with Crippen LogP contribution in [0.2, 0.25) is 0 Å². The first-order chi connectivity index (χ1) is 11.2. The van der Waals surface area contributed by atoms with Crippen molar-refractivity contribution in [1.29, 1.82) is 0 Å². The molecule has 5 rings (SSSR count). The van der Waals surface area contributed by atoms with E-state index in [2.05, 4.69) is 83.8 Å². The van der Waals surface area contributed by atoms with Gasteiger partial charge in [0.1, 0.15) is 5.82 Å². The molecule has 0 atom stereocenters. The molecule has 1 aliphatic heterocycles. The molecule has 2 aromatic heterocycles. The molecule has 1 aliphatic rings. The van der Waals surface area contributed by atoms with E-state index in [9.17, 15) is 0 Å². The third-order valence-corrected chi connectivity index (χ3v) is 4.97. The van der Waals surface area contributed by atoms with Crippen molar-refractivity contribution >= 4 is 26.8 Å². The Morgan fingerprint density at radius 3 is 2.83 bits per heavy atom. The molecule has 4 nitrogen and oxygen atoms in total. The largest absolute Gasteiger partial charge is 0.333 e. The Morgan fingerprint density at radius 2 is 1.91 bits per heavy atom. The summed E-state index contributed by atoms with van der Waals surface area (Å²) in [6.45, 7) is 2.72. The molecule has 112 valence electrons. The van der Waals surface area contributed by atoms with Gasteiger partial charge in [0.05, 0.1) is 17.9 Å². The molecule has 0 saturated carbocycles. The number of nitrogens with zero attached hydrogens (tertiary/aromatic N) is 4. The highest BCUT2D eigenvalue weighted by molar-refractivity contribution is 9.10. The Morgan fingerprint density at radius 1 is 1.04 bits per heavy atom. The molecule has 2 aromatic carbocycles. The Labute approximate surface area is 141 Å². The van der Waals surface area contributed by atoms with Crippen molar-refractivity contribution in [3.63, 3.8) is 0 Å². The van der Waals surface area contributed by atoms with E-state index in [-0.39, 0.29) is 0 Å². The van der Waals surface area contributed by atoms with Gasteiger partial charge in [0.2, 0.25) is 0 Å². The molecule has 4 aromatic rings. The summed E-state index contributed by atoms with van der Waals surface area (Å²) in [4.78, 5) is 0. The smallest absolute Gasteiger partial charge is 0.157 e. The summed E-state index contributed by atoms with van der Waals surface area (Å²) in [6.07, 6.45) is 0. The normalized spacial score (nSPS) is 12.6. The van der Waals surface area contributed by atoms with Crippen molar-refractivity contribution < 1.29 is 0 Å². The summed E-state index contributed by atoms with van der Waals surface area (Å²) in [5.74, 6) is 1.88. The highest BCUT2D eigenvalue weighted by Crippen LogP contribution is 2.37. The number of hydrogen-bond acceptors (Lipinski definition) is 2. The summed E-state index contributed by atoms with van der Waals surface area (Å²) >= 11 is 3.61. The lowest BCUT2D eigenvalue weighted by Crippen LogP contribution is -2.05. The number of halogens is 1. The van der Waals surface area contributed by atoms with Crippen LogP contribution in [0.5, 0.6) is 0 Å². The zero-order valence-corrected chi connectivity index (χ0v) is 14.1. The van der Waals surface area contributed by atoms with Crippen molar-refractivity contribution in [2.45, 2.75) is 13.5 Å². The van der Waals surface area contributed by atoms with E-state index in [4.69, 9.17) is 0 Å². The van der Waals surface area contributed by atoms with Crippen molar-refractivity contribution in [1.82, 2.24) is 19.3 Å². The minimum Gasteiger partial charge on any atom is -0.333 e. The third kappa shape index (κ3) is 1.77. The fourth-order valence-electron chi connectivity index (χ4n) is 3.48. The van der Waals surface area contributed by atoms with Crippen LogP contribution in [-0.2, 0) is 6.54 Å². The minimum atomic E-state index is 0.718. The molecule has 5 heteroatoms. The second-order valence-electron chi connectivity index (χ2n) is 5.83. The Balaban J connectivity index is 1.96. The summed E-state index contributed by atoms with van der Waals surface area (Å²) in [7, 11) is 0. The first-order valence-electron chi connectivity index (χ1n) is 7.52. The second kappa shape index (κ2) is 4.55. The van der Waals surface area contributed by atoms with Crippen LogP contribution >= 0.6 is 15.9 Å². The number of hydrogen-bond donors (Lipinski definition) is 0. The lowest BCUT2D eigenvalue weighted by molar-refractivity contribution is 0.765. The molecule has 0 saturated heterocycles. The highest BCUT2D eigenvalue weighted by atomic mass is 79.9. The number of fused-ring (bicyclic) bond motifs is 7. The van der Waals surface area contributed by atoms with Gasteiger partial charge in [-0.2, -0.15) is 0 Å². The van der Waals surface area contributed by atoms with E-state index in [1.54, 1.807) is 0 Å². The highest BCUT2D eigenvalue weighted by Gasteiger charge is 2.23. The zero-order valence-electron chi connectivity index (χ0n) is 12.5. The molecule has 0 spiro atoms. The molecule has 0 unspecified atom stereocenters. The van der Waals surface area contributed by atoms with Gasteiger partial charge in [0, 0.05) is 20.9 Å². The molecular formula is C18H13BrN4. The third-order valence-electron chi connectivity index (χ3n) is 4.48. The predicted octanol–water partition coefficient (Wildman–Crippen LogP) is 4.32. The average molecular weight is 365 g/mol. The van der Waals surface area contributed by atoms with E-state index >= 15 is 0 Å². The maximum Gasteiger partial charge on any atom is 0.157 e. The van der Waals surface area contributed by atoms with E-state index in [1.165, 1.54) is 22.2 Å². The quantitative estimate of drug-likeness (QED) is 0.410. The lowest BCUT2D eigenvalue weighted by Gasteiger charge is -2.10. The monoisotopic (exact) mass is 364 g/mol. The standard InChI is InChI=1S/C18H13BrN4/c1-11-20-21-18-10-22-15-5-3-2-4-12(15)8-17(22)14-9-13(19)6-7-16(14)23(11)18/h2-9H,10H2,1H3. The van der Waals surface area contributed by atoms with Crippen LogP contribution < -0.4 is 0 Å². The summed E-state index contributed by atoms with van der Waals surface area (Å²) in [5, 5.41) is 9.94. The summed E-state index contributed by atoms with van der Waals surface area (Å²) in [5.41, 5.74) is 4.76. The Bertz CT molecular complexity index is 1070. The van der Waals surface area contributed by atoms with Gasteiger partial charge in [-0.15, -0.1) is 10.2 Å². The topological polar surface area (TPSA) is 35.6 Å². The molecule has 0 aliphatic carbocycles. The van der Waals surface area contributed by atoms with Gasteiger partial charge in [-0.25, -0.2) is 0 Å². The summed E-state index contributed by atoms with van der Waals surface area (Å²) < 4.78 is 5.55. The fraction of sp³-hybridized carbons (Fsp3) is 0.111. The lowest BCUT2D eigenvalue weighted by atomic mass is 10.1. The first kappa shape index (κ1) is 13.1. The number of aromatic nitrogens is 4. The number of rotatable bonds is 0. The van der Waals surface area contributed by atoms with E-state index in [0.29, 0.717) is 0 Å². The minimum absolute atomic E-state index is 0.718. The van der Waals surface area contributed by atoms with Crippen LogP contribution in [0.25, 0.3) is 27.8 Å². The number of benzene rings is 2. The Hall–Kier alpha value is -2.40. The molecule has 0 radical (unpaired) electrons. The van der Waals surface area contributed by atoms with Gasteiger partial charge >= 0.3 is 0 Å². The van der Waals surface area contributed by atoms with Gasteiger partial charge in [-0.3, -0.25) is 4.57 Å². The maximum atomic E-state index is 4.40. The van der Waals surface area contributed by atoms with Gasteiger partial charge in [0.15, 0.2) is 5.82 Å². The number of aryl methyl sites for hydroxylation is 1. The molecule has 23 heavy (non-hydrogen) atoms. The van der Waals surface area contributed by atoms with Crippen molar-refractivity contribution in [2.75, 3.05) is 0 Å². The van der Waals surface area contributed by atoms with Gasteiger partial charge in [-0.1, -0.05) is 34.1 Å². The summed E-state index contributed by atoms with van der Waals surface area (Å²) in [6, 6.07) is 17.1. The van der Waals surface area contributed by atoms with E-state index in [0.717, 1.165) is 28.4 Å². The SMILES string of the molecule is Cc1nnc2n1-c1ccc(Br)cc1-c1cc3ccccc3n1C2. The predicted molar refractivity (Wildman–Crippen MR) is 93.8 cm³/mol. The van der Waals surface area contributed by atoms with Crippen LogP contribution in [0.4, 0.5) is 0 Å². The molecule has 3 heterocycles. The Kier molecular flexibility index (Phi) is 2.59. The van der Waals surface area contributed by atoms with Crippen LogP contribution in [0, 0.1) is 6.92 Å². The second-order valence-corrected chi connectivity index (χ2v) is 6.75. The number of para-hydroxylation sites is 1. The van der Waals surface area contributed by atoms with E-state index in [1.807, 2.05) is 6.92 Å². The van der Waals surface area contributed by atoms with Gasteiger partial charge < -0.3 is 4.57 Å². The van der Waals surface area contributed by atoms with Crippen molar-refractivity contribution in [3.8, 4) is 16.9 Å². The molecule has 0 fully saturated rings. The molecular weight excluding hydrogens is 352 g/mol. The van der Waals surface area contributed by atoms with Crippen molar-refractivity contribution in [3.05, 3.63) is 64.7 Å². The zero-order chi connectivity index (χ0) is 15.6. The van der Waals surface area contributed by atoms with Gasteiger partial charge in [0.25, 0.3) is 0 Å². The van der Waals surface area contributed by atoms with Gasteiger partial charge in [-0.05, 0) is 37.3 Å². The molecule has 0 bridgehead atoms. The average Bonchev–Trinajstić information content (AvgIpc) is 3.06. The molecule has 0 amide bonds. The first-order valence-corrected chi connectivity index (χ1v) is 8.31. The maximum absolute atomic E-state index is 4.40. The van der Waals surface area contributed by atoms with Crippen LogP contribution in [0.1, 0.15) is 11.6 Å². The molecule has 0 N–H and O–H groups in total. The van der Waals surface area contributed by atoms with Crippen molar-refractivity contribution in [2.24, 2.45) is 0 Å². The van der Waals surface area contributed by atoms with Crippen LogP contribution in [0.3, 0.4) is 0 Å². The van der Waals surface area contributed by atoms with Crippen LogP contribution in [0.15, 0.2) is 53.0 Å². The van der Waals surface area contributed by atoms with E-state index < -0.39 is 0 Å². The fourth-order valence-corrected chi connectivity index (χ4v) is 3.84. The van der Waals surface area contributed by atoms with Crippen LogP contribution in [-0.4, -0.2) is 19.3 Å².